The van der Waals surface area contributed by atoms with Crippen molar-refractivity contribution in [3.63, 3.8) is 0 Å². The van der Waals surface area contributed by atoms with E-state index in [0.29, 0.717) is 24.8 Å². The number of benzene rings is 2. The summed E-state index contributed by atoms with van der Waals surface area (Å²) in [6, 6.07) is 11.0. The van der Waals surface area contributed by atoms with Gasteiger partial charge >= 0.3 is 58.4 Å². The van der Waals surface area contributed by atoms with E-state index in [2.05, 4.69) is 22.0 Å². The molecule has 0 atom stereocenters. The van der Waals surface area contributed by atoms with E-state index >= 15 is 0 Å². The van der Waals surface area contributed by atoms with Gasteiger partial charge in [-0.05, 0) is 42.9 Å². The van der Waals surface area contributed by atoms with Crippen LogP contribution < -0.4 is 56.8 Å². The van der Waals surface area contributed by atoms with Crippen LogP contribution in [0.2, 0.25) is 0 Å². The van der Waals surface area contributed by atoms with E-state index in [-0.39, 0.29) is 51.4 Å². The molecule has 0 radical (unpaired) electrons. The maximum atomic E-state index is 13.3. The van der Waals surface area contributed by atoms with E-state index in [1.807, 2.05) is 18.2 Å². The van der Waals surface area contributed by atoms with E-state index in [1.54, 1.807) is 6.07 Å². The maximum absolute atomic E-state index is 13.3. The Labute approximate surface area is 179 Å². The topological polar surface area (TPSA) is 0 Å². The first kappa shape index (κ1) is 18.7. The molecule has 2 aromatic rings. The Balaban J connectivity index is 0.00000176. The van der Waals surface area contributed by atoms with Crippen LogP contribution in [0.1, 0.15) is 22.3 Å². The van der Waals surface area contributed by atoms with E-state index < -0.39 is 12.4 Å². The Bertz CT molecular complexity index is 686. The molecule has 110 valence electrons. The molecule has 0 aliphatic heterocycles. The summed E-state index contributed by atoms with van der Waals surface area (Å²) in [7, 11) is 0. The van der Waals surface area contributed by atoms with Gasteiger partial charge in [-0.25, -0.2) is 0 Å². The molecule has 4 aliphatic rings. The van der Waals surface area contributed by atoms with Crippen LogP contribution >= 0.6 is 15.9 Å². The van der Waals surface area contributed by atoms with Crippen molar-refractivity contribution >= 4 is 28.4 Å². The normalized spacial score (nSPS) is 14.2. The Hall–Kier alpha value is 0.411. The molecule has 0 nitrogen and oxygen atoms in total. The van der Waals surface area contributed by atoms with Crippen molar-refractivity contribution in [2.75, 3.05) is 0 Å². The minimum Gasteiger partial charge on any atom is -0.445 e. The van der Waals surface area contributed by atoms with Gasteiger partial charge in [-0.2, -0.15) is 0 Å². The third-order valence-corrected chi connectivity index (χ3v) is 4.78. The monoisotopic (exact) mass is 392 g/mol. The first-order chi connectivity index (χ1) is 9.93. The number of rotatable bonds is 1. The predicted octanol–water partition coefficient (Wildman–Crippen LogP) is 1.39. The van der Waals surface area contributed by atoms with Crippen LogP contribution in [0.5, 0.6) is 0 Å². The van der Waals surface area contributed by atoms with E-state index in [4.69, 9.17) is 0 Å². The standard InChI is InChI=1S/C16H14BBrF3.K/c18-16-10-12-2-6-13-5-1-11(3-7-14(16)8-4-12)9-15(13)17(19,20)21;/h1,4-5,8-10H,2-3,6-7H2;/q-1;+1. The third kappa shape index (κ3) is 4.28. The van der Waals surface area contributed by atoms with Gasteiger partial charge in [0.05, 0.1) is 0 Å². The van der Waals surface area contributed by atoms with E-state index in [9.17, 15) is 12.9 Å². The molecule has 0 unspecified atom stereocenters. The summed E-state index contributed by atoms with van der Waals surface area (Å²) in [6.45, 7) is -4.95. The fourth-order valence-electron chi connectivity index (χ4n) is 2.84. The maximum Gasteiger partial charge on any atom is 1.00 e. The molecule has 0 aromatic heterocycles. The first-order valence-electron chi connectivity index (χ1n) is 7.02. The number of hydrogen-bond donors (Lipinski definition) is 0. The van der Waals surface area contributed by atoms with Gasteiger partial charge in [0.15, 0.2) is 0 Å². The van der Waals surface area contributed by atoms with E-state index in [1.165, 1.54) is 6.07 Å². The molecule has 0 fully saturated rings. The van der Waals surface area contributed by atoms with Gasteiger partial charge < -0.3 is 12.9 Å². The molecule has 0 heterocycles. The van der Waals surface area contributed by atoms with Crippen molar-refractivity contribution in [3.05, 3.63) is 63.1 Å². The zero-order chi connectivity index (χ0) is 15.0. The summed E-state index contributed by atoms with van der Waals surface area (Å²) in [6.07, 6.45) is 2.40. The van der Waals surface area contributed by atoms with Crippen molar-refractivity contribution in [2.45, 2.75) is 25.7 Å². The second-order valence-corrected chi connectivity index (χ2v) is 6.39. The predicted molar refractivity (Wildman–Crippen MR) is 84.1 cm³/mol. The molecular weight excluding hydrogens is 379 g/mol. The molecule has 0 spiro atoms. The minimum atomic E-state index is -4.95. The summed E-state index contributed by atoms with van der Waals surface area (Å²) in [5.41, 5.74) is 2.96. The van der Waals surface area contributed by atoms with Crippen LogP contribution in [0.4, 0.5) is 12.9 Å². The van der Waals surface area contributed by atoms with Crippen LogP contribution in [0, 0.1) is 0 Å². The average molecular weight is 393 g/mol. The SMILES string of the molecule is F[B-](F)(F)c1cc2ccc1CCc1ccc(c(Br)c1)CC2.[K+]. The molecule has 0 N–H and O–H groups in total. The zero-order valence-corrected chi connectivity index (χ0v) is 17.1. The summed E-state index contributed by atoms with van der Waals surface area (Å²) in [5, 5.41) is 0. The van der Waals surface area contributed by atoms with Gasteiger partial charge in [0.1, 0.15) is 0 Å². The summed E-state index contributed by atoms with van der Waals surface area (Å²) in [4.78, 5) is 0. The summed E-state index contributed by atoms with van der Waals surface area (Å²) in [5.74, 6) is 0. The summed E-state index contributed by atoms with van der Waals surface area (Å²) >= 11 is 3.56. The number of halogens is 4. The van der Waals surface area contributed by atoms with E-state index in [0.717, 1.165) is 27.6 Å². The molecule has 4 bridgehead atoms. The Kier molecular flexibility index (Phi) is 6.42. The van der Waals surface area contributed by atoms with Crippen molar-refractivity contribution in [2.24, 2.45) is 0 Å². The van der Waals surface area contributed by atoms with Crippen LogP contribution in [0.15, 0.2) is 40.9 Å². The van der Waals surface area contributed by atoms with Crippen LogP contribution in [-0.4, -0.2) is 6.98 Å². The Morgan fingerprint density at radius 2 is 1.32 bits per heavy atom. The van der Waals surface area contributed by atoms with Crippen molar-refractivity contribution in [3.8, 4) is 0 Å². The van der Waals surface area contributed by atoms with Crippen molar-refractivity contribution in [1.29, 1.82) is 0 Å². The molecule has 0 saturated carbocycles. The minimum absolute atomic E-state index is 0. The van der Waals surface area contributed by atoms with Crippen LogP contribution in [0.3, 0.4) is 0 Å². The fourth-order valence-corrected chi connectivity index (χ4v) is 3.46. The van der Waals surface area contributed by atoms with Crippen molar-refractivity contribution in [1.82, 2.24) is 0 Å². The molecule has 0 amide bonds. The molecule has 2 aromatic carbocycles. The van der Waals surface area contributed by atoms with Gasteiger partial charge in [0.25, 0.3) is 0 Å². The number of hydrogen-bond acceptors (Lipinski definition) is 0. The zero-order valence-electron chi connectivity index (χ0n) is 12.4. The van der Waals surface area contributed by atoms with Crippen molar-refractivity contribution < 1.29 is 64.3 Å². The molecular formula is C16H14BBrF3K. The van der Waals surface area contributed by atoms with Gasteiger partial charge in [-0.3, -0.25) is 0 Å². The Morgan fingerprint density at radius 1 is 0.773 bits per heavy atom. The van der Waals surface area contributed by atoms with Crippen LogP contribution in [-0.2, 0) is 25.7 Å². The van der Waals surface area contributed by atoms with Gasteiger partial charge in [-0.1, -0.05) is 57.4 Å². The largest absolute Gasteiger partial charge is 1.00 e. The molecule has 4 aliphatic carbocycles. The summed E-state index contributed by atoms with van der Waals surface area (Å²) < 4.78 is 40.8. The second kappa shape index (κ2) is 7.53. The number of aryl methyl sites for hydroxylation is 4. The Morgan fingerprint density at radius 3 is 1.91 bits per heavy atom. The molecule has 6 rings (SSSR count). The molecule has 0 saturated heterocycles. The quantitative estimate of drug-likeness (QED) is 0.643. The third-order valence-electron chi connectivity index (χ3n) is 4.05. The molecule has 6 heteroatoms. The molecule has 22 heavy (non-hydrogen) atoms. The van der Waals surface area contributed by atoms with Crippen LogP contribution in [0.25, 0.3) is 0 Å². The van der Waals surface area contributed by atoms with Gasteiger partial charge in [-0.15, -0.1) is 5.46 Å². The average Bonchev–Trinajstić information content (AvgIpc) is 2.41. The van der Waals surface area contributed by atoms with Gasteiger partial charge in [0.2, 0.25) is 0 Å². The first-order valence-corrected chi connectivity index (χ1v) is 7.82. The van der Waals surface area contributed by atoms with Gasteiger partial charge in [0, 0.05) is 4.47 Å². The fraction of sp³-hybridized carbons (Fsp3) is 0.250. The smallest absolute Gasteiger partial charge is 0.445 e. The second-order valence-electron chi connectivity index (χ2n) is 5.53.